The molecule has 15 heavy (non-hydrogen) atoms. The summed E-state index contributed by atoms with van der Waals surface area (Å²) in [6.45, 7) is 0. The van der Waals surface area contributed by atoms with Gasteiger partial charge in [-0.25, -0.2) is 0 Å². The number of rotatable bonds is 6. The van der Waals surface area contributed by atoms with Gasteiger partial charge < -0.3 is 9.47 Å². The number of ether oxygens (including phenoxy) is 2. The number of esters is 2. The number of carbonyl (C=O) groups excluding carboxylic acids is 2. The molecule has 0 saturated carbocycles. The Morgan fingerprint density at radius 3 is 1.60 bits per heavy atom. The molecule has 2 atom stereocenters. The molecule has 0 spiro atoms. The van der Waals surface area contributed by atoms with Crippen LogP contribution in [0.2, 0.25) is 0 Å². The van der Waals surface area contributed by atoms with Crippen molar-refractivity contribution < 1.29 is 19.1 Å². The topological polar surface area (TPSA) is 52.6 Å². The SMILES string of the molecule is COC(=O)[C@H](Br)CCC[C@@H](Br)C(=O)OC. The predicted octanol–water partition coefficient (Wildman–Crippen LogP) is 2.03. The van der Waals surface area contributed by atoms with Crippen LogP contribution in [0.4, 0.5) is 0 Å². The second-order valence-electron chi connectivity index (χ2n) is 2.91. The van der Waals surface area contributed by atoms with Gasteiger partial charge in [0.1, 0.15) is 9.65 Å². The van der Waals surface area contributed by atoms with E-state index in [1.807, 2.05) is 0 Å². The van der Waals surface area contributed by atoms with Crippen molar-refractivity contribution in [2.45, 2.75) is 28.9 Å². The van der Waals surface area contributed by atoms with Crippen LogP contribution < -0.4 is 0 Å². The zero-order valence-electron chi connectivity index (χ0n) is 8.66. The van der Waals surface area contributed by atoms with E-state index in [-0.39, 0.29) is 21.6 Å². The average molecular weight is 346 g/mol. The summed E-state index contributed by atoms with van der Waals surface area (Å²) in [5, 5.41) is 0. The molecule has 0 N–H and O–H groups in total. The lowest BCUT2D eigenvalue weighted by Crippen LogP contribution is -2.18. The van der Waals surface area contributed by atoms with E-state index in [1.54, 1.807) is 0 Å². The molecule has 0 unspecified atom stereocenters. The number of halogens is 2. The normalized spacial score (nSPS) is 14.1. The first kappa shape index (κ1) is 14.9. The summed E-state index contributed by atoms with van der Waals surface area (Å²) in [5.74, 6) is -0.585. The van der Waals surface area contributed by atoms with Gasteiger partial charge in [-0.15, -0.1) is 0 Å². The zero-order valence-corrected chi connectivity index (χ0v) is 11.8. The maximum atomic E-state index is 11.0. The maximum Gasteiger partial charge on any atom is 0.319 e. The van der Waals surface area contributed by atoms with Crippen molar-refractivity contribution in [3.8, 4) is 0 Å². The number of methoxy groups -OCH3 is 2. The van der Waals surface area contributed by atoms with Gasteiger partial charge in [-0.3, -0.25) is 9.59 Å². The minimum absolute atomic E-state index is 0.292. The molecule has 0 aromatic heterocycles. The van der Waals surface area contributed by atoms with Crippen molar-refractivity contribution in [2.75, 3.05) is 14.2 Å². The van der Waals surface area contributed by atoms with Gasteiger partial charge in [0.15, 0.2) is 0 Å². The largest absolute Gasteiger partial charge is 0.468 e. The van der Waals surface area contributed by atoms with Crippen LogP contribution >= 0.6 is 31.9 Å². The number of hydrogen-bond donors (Lipinski definition) is 0. The van der Waals surface area contributed by atoms with Crippen LogP contribution in [0.3, 0.4) is 0 Å². The molecule has 0 aliphatic heterocycles. The summed E-state index contributed by atoms with van der Waals surface area (Å²) >= 11 is 6.40. The van der Waals surface area contributed by atoms with Crippen LogP contribution in [-0.4, -0.2) is 35.8 Å². The molecule has 0 aliphatic rings. The Morgan fingerprint density at radius 2 is 1.33 bits per heavy atom. The first-order valence-electron chi connectivity index (χ1n) is 4.46. The molecule has 0 aromatic carbocycles. The van der Waals surface area contributed by atoms with Crippen molar-refractivity contribution in [3.05, 3.63) is 0 Å². The summed E-state index contributed by atoms with van der Waals surface area (Å²) in [5.41, 5.74) is 0. The minimum atomic E-state index is -0.306. The van der Waals surface area contributed by atoms with Crippen LogP contribution in [0.5, 0.6) is 0 Å². The lowest BCUT2D eigenvalue weighted by Gasteiger charge is -2.09. The smallest absolute Gasteiger partial charge is 0.319 e. The third-order valence-corrected chi connectivity index (χ3v) is 3.49. The summed E-state index contributed by atoms with van der Waals surface area (Å²) in [7, 11) is 2.69. The highest BCUT2D eigenvalue weighted by Crippen LogP contribution is 2.16. The molecule has 88 valence electrons. The fourth-order valence-corrected chi connectivity index (χ4v) is 1.99. The molecule has 0 aliphatic carbocycles. The summed E-state index contributed by atoms with van der Waals surface area (Å²) in [4.78, 5) is 21.4. The zero-order chi connectivity index (χ0) is 11.8. The number of carbonyl (C=O) groups is 2. The third kappa shape index (κ3) is 6.14. The van der Waals surface area contributed by atoms with E-state index in [4.69, 9.17) is 0 Å². The monoisotopic (exact) mass is 344 g/mol. The van der Waals surface area contributed by atoms with E-state index in [9.17, 15) is 9.59 Å². The standard InChI is InChI=1S/C9H14Br2O4/c1-14-8(12)6(10)4-3-5-7(11)9(13)15-2/h6-7H,3-5H2,1-2H3/t6-,7-/m1/s1. The van der Waals surface area contributed by atoms with E-state index in [2.05, 4.69) is 41.3 Å². The average Bonchev–Trinajstić information content (AvgIpc) is 2.26. The number of hydrogen-bond acceptors (Lipinski definition) is 4. The Labute approximate surface area is 106 Å². The first-order chi connectivity index (χ1) is 7.02. The van der Waals surface area contributed by atoms with Gasteiger partial charge in [0.05, 0.1) is 14.2 Å². The Morgan fingerprint density at radius 1 is 1.00 bits per heavy atom. The molecule has 6 heteroatoms. The van der Waals surface area contributed by atoms with E-state index < -0.39 is 0 Å². The second kappa shape index (κ2) is 8.10. The highest BCUT2D eigenvalue weighted by atomic mass is 79.9. The van der Waals surface area contributed by atoms with Crippen molar-refractivity contribution in [2.24, 2.45) is 0 Å². The summed E-state index contributed by atoms with van der Waals surface area (Å²) in [6, 6.07) is 0. The van der Waals surface area contributed by atoms with Gasteiger partial charge in [0.2, 0.25) is 0 Å². The molecule has 0 radical (unpaired) electrons. The van der Waals surface area contributed by atoms with Gasteiger partial charge in [-0.05, 0) is 12.8 Å². The Balaban J connectivity index is 3.70. The van der Waals surface area contributed by atoms with Crippen LogP contribution in [0, 0.1) is 0 Å². The second-order valence-corrected chi connectivity index (χ2v) is 5.12. The number of alkyl halides is 2. The molecule has 0 saturated heterocycles. The molecular weight excluding hydrogens is 332 g/mol. The first-order valence-corrected chi connectivity index (χ1v) is 6.29. The van der Waals surface area contributed by atoms with Gasteiger partial charge in [-0.1, -0.05) is 38.3 Å². The van der Waals surface area contributed by atoms with Crippen molar-refractivity contribution >= 4 is 43.8 Å². The summed E-state index contributed by atoms with van der Waals surface area (Å²) in [6.07, 6.45) is 1.99. The van der Waals surface area contributed by atoms with E-state index in [1.165, 1.54) is 14.2 Å². The predicted molar refractivity (Wildman–Crippen MR) is 63.3 cm³/mol. The van der Waals surface area contributed by atoms with Crippen molar-refractivity contribution in [1.29, 1.82) is 0 Å². The Kier molecular flexibility index (Phi) is 8.04. The molecular formula is C9H14Br2O4. The lowest BCUT2D eigenvalue weighted by atomic mass is 10.1. The molecule has 4 nitrogen and oxygen atoms in total. The Bertz CT molecular complexity index is 198. The van der Waals surface area contributed by atoms with Crippen LogP contribution in [0.25, 0.3) is 0 Å². The lowest BCUT2D eigenvalue weighted by molar-refractivity contribution is -0.140. The van der Waals surface area contributed by atoms with Gasteiger partial charge in [0, 0.05) is 0 Å². The fourth-order valence-electron chi connectivity index (χ4n) is 0.968. The summed E-state index contributed by atoms with van der Waals surface area (Å²) < 4.78 is 9.10. The molecule has 0 aromatic rings. The third-order valence-electron chi connectivity index (χ3n) is 1.83. The van der Waals surface area contributed by atoms with E-state index in [0.717, 1.165) is 6.42 Å². The minimum Gasteiger partial charge on any atom is -0.468 e. The molecule has 0 heterocycles. The highest BCUT2D eigenvalue weighted by Gasteiger charge is 2.18. The molecule has 0 fully saturated rings. The molecule has 0 amide bonds. The Hall–Kier alpha value is -0.100. The van der Waals surface area contributed by atoms with Gasteiger partial charge >= 0.3 is 11.9 Å². The quantitative estimate of drug-likeness (QED) is 0.546. The molecule has 0 bridgehead atoms. The van der Waals surface area contributed by atoms with Crippen LogP contribution in [0.15, 0.2) is 0 Å². The van der Waals surface area contributed by atoms with Gasteiger partial charge in [-0.2, -0.15) is 0 Å². The fraction of sp³-hybridized carbons (Fsp3) is 0.778. The van der Waals surface area contributed by atoms with Crippen molar-refractivity contribution in [1.82, 2.24) is 0 Å². The highest BCUT2D eigenvalue weighted by molar-refractivity contribution is 9.10. The molecule has 0 rings (SSSR count). The maximum absolute atomic E-state index is 11.0. The van der Waals surface area contributed by atoms with E-state index in [0.29, 0.717) is 12.8 Å². The van der Waals surface area contributed by atoms with Crippen molar-refractivity contribution in [3.63, 3.8) is 0 Å². The van der Waals surface area contributed by atoms with Crippen LogP contribution in [0.1, 0.15) is 19.3 Å². The van der Waals surface area contributed by atoms with E-state index >= 15 is 0 Å². The van der Waals surface area contributed by atoms with Crippen LogP contribution in [-0.2, 0) is 19.1 Å². The van der Waals surface area contributed by atoms with Gasteiger partial charge in [0.25, 0.3) is 0 Å².